The second-order valence-corrected chi connectivity index (χ2v) is 3.69. The van der Waals surface area contributed by atoms with Gasteiger partial charge in [-0.2, -0.15) is 0 Å². The minimum absolute atomic E-state index is 0.133. The van der Waals surface area contributed by atoms with E-state index in [1.807, 2.05) is 25.1 Å². The monoisotopic (exact) mass is 240 g/mol. The van der Waals surface area contributed by atoms with E-state index in [9.17, 15) is 0 Å². The molecule has 2 N–H and O–H groups in total. The molecule has 0 saturated carbocycles. The summed E-state index contributed by atoms with van der Waals surface area (Å²) in [5.41, 5.74) is 6.48. The summed E-state index contributed by atoms with van der Waals surface area (Å²) < 4.78 is 2.60. The van der Waals surface area contributed by atoms with Gasteiger partial charge in [-0.15, -0.1) is 5.10 Å². The van der Waals surface area contributed by atoms with E-state index in [-0.39, 0.29) is 6.04 Å². The van der Waals surface area contributed by atoms with Crippen LogP contribution in [0, 0.1) is 0 Å². The Morgan fingerprint density at radius 2 is 2.31 bits per heavy atom. The fourth-order valence-electron chi connectivity index (χ4n) is 1.08. The molecule has 4 nitrogen and oxygen atoms in total. The maximum absolute atomic E-state index is 5.67. The third-order valence-corrected chi connectivity index (χ3v) is 2.34. The maximum Gasteiger partial charge on any atom is 0.168 e. The van der Waals surface area contributed by atoms with E-state index in [0.29, 0.717) is 5.82 Å². The molecule has 0 spiro atoms. The van der Waals surface area contributed by atoms with E-state index in [1.165, 1.54) is 0 Å². The van der Waals surface area contributed by atoms with Crippen LogP contribution in [0.3, 0.4) is 0 Å². The molecule has 2 aromatic heterocycles. The zero-order valence-corrected chi connectivity index (χ0v) is 8.69. The molecule has 0 aliphatic heterocycles. The quantitative estimate of drug-likeness (QED) is 0.770. The average Bonchev–Trinajstić information content (AvgIpc) is 2.49. The molecular formula is C8H9BrN4. The third kappa shape index (κ3) is 1.45. The molecule has 2 rings (SSSR count). The van der Waals surface area contributed by atoms with Crippen LogP contribution in [-0.4, -0.2) is 14.6 Å². The molecule has 1 atom stereocenters. The smallest absolute Gasteiger partial charge is 0.168 e. The number of pyridine rings is 1. The van der Waals surface area contributed by atoms with Gasteiger partial charge in [-0.05, 0) is 35.0 Å². The summed E-state index contributed by atoms with van der Waals surface area (Å²) in [7, 11) is 0. The van der Waals surface area contributed by atoms with Gasteiger partial charge in [0.15, 0.2) is 11.5 Å². The van der Waals surface area contributed by atoms with Gasteiger partial charge in [0, 0.05) is 0 Å². The van der Waals surface area contributed by atoms with E-state index in [2.05, 4.69) is 26.0 Å². The number of halogens is 1. The Hall–Kier alpha value is -0.940. The summed E-state index contributed by atoms with van der Waals surface area (Å²) >= 11 is 3.38. The number of hydrogen-bond acceptors (Lipinski definition) is 3. The van der Waals surface area contributed by atoms with Crippen LogP contribution in [0.2, 0.25) is 0 Å². The standard InChI is InChI=1S/C8H9BrN4/c1-5(10)8-11-7-4-2-3-6(9)13(7)12-8/h2-5H,10H2,1H3. The number of nitrogens with two attached hydrogens (primary N) is 1. The zero-order chi connectivity index (χ0) is 9.42. The first-order valence-corrected chi connectivity index (χ1v) is 4.74. The third-order valence-electron chi connectivity index (χ3n) is 1.74. The first-order chi connectivity index (χ1) is 6.18. The van der Waals surface area contributed by atoms with E-state index >= 15 is 0 Å². The topological polar surface area (TPSA) is 56.2 Å². The molecule has 0 aliphatic carbocycles. The van der Waals surface area contributed by atoms with Crippen molar-refractivity contribution in [1.29, 1.82) is 0 Å². The first kappa shape index (κ1) is 8.65. The Bertz CT molecular complexity index is 435. The van der Waals surface area contributed by atoms with Crippen molar-refractivity contribution in [3.63, 3.8) is 0 Å². The SMILES string of the molecule is CC(N)c1nc2cccc(Br)n2n1. The molecular weight excluding hydrogens is 232 g/mol. The molecule has 5 heteroatoms. The van der Waals surface area contributed by atoms with Crippen molar-refractivity contribution in [2.24, 2.45) is 5.73 Å². The fourth-order valence-corrected chi connectivity index (χ4v) is 1.50. The Balaban J connectivity index is 2.68. The predicted molar refractivity (Wildman–Crippen MR) is 53.3 cm³/mol. The Labute approximate surface area is 83.9 Å². The molecule has 68 valence electrons. The summed E-state index contributed by atoms with van der Waals surface area (Å²) in [5.74, 6) is 0.659. The molecule has 0 saturated heterocycles. The van der Waals surface area contributed by atoms with Crippen LogP contribution in [0.25, 0.3) is 5.65 Å². The summed E-state index contributed by atoms with van der Waals surface area (Å²) in [5, 5.41) is 4.25. The van der Waals surface area contributed by atoms with Gasteiger partial charge >= 0.3 is 0 Å². The lowest BCUT2D eigenvalue weighted by molar-refractivity contribution is 0.731. The lowest BCUT2D eigenvalue weighted by Crippen LogP contribution is -2.07. The van der Waals surface area contributed by atoms with Crippen LogP contribution >= 0.6 is 15.9 Å². The summed E-state index contributed by atoms with van der Waals surface area (Å²) in [6, 6.07) is 5.59. The molecule has 0 aliphatic rings. The molecule has 13 heavy (non-hydrogen) atoms. The molecule has 1 unspecified atom stereocenters. The van der Waals surface area contributed by atoms with Gasteiger partial charge in [0.2, 0.25) is 0 Å². The van der Waals surface area contributed by atoms with E-state index in [4.69, 9.17) is 5.73 Å². The Morgan fingerprint density at radius 3 is 2.92 bits per heavy atom. The highest BCUT2D eigenvalue weighted by atomic mass is 79.9. The number of nitrogens with zero attached hydrogens (tertiary/aromatic N) is 3. The summed E-state index contributed by atoms with van der Waals surface area (Å²) in [4.78, 5) is 4.27. The average molecular weight is 241 g/mol. The van der Waals surface area contributed by atoms with Crippen molar-refractivity contribution >= 4 is 21.6 Å². The van der Waals surface area contributed by atoms with Gasteiger partial charge in [-0.25, -0.2) is 9.50 Å². The number of hydrogen-bond donors (Lipinski definition) is 1. The van der Waals surface area contributed by atoms with Crippen molar-refractivity contribution in [2.45, 2.75) is 13.0 Å². The lowest BCUT2D eigenvalue weighted by Gasteiger charge is -1.94. The largest absolute Gasteiger partial charge is 0.321 e. The lowest BCUT2D eigenvalue weighted by atomic mass is 10.3. The van der Waals surface area contributed by atoms with Crippen LogP contribution < -0.4 is 5.73 Å². The molecule has 0 amide bonds. The maximum atomic E-state index is 5.67. The van der Waals surface area contributed by atoms with E-state index < -0.39 is 0 Å². The van der Waals surface area contributed by atoms with Crippen LogP contribution in [0.1, 0.15) is 18.8 Å². The number of fused-ring (bicyclic) bond motifs is 1. The van der Waals surface area contributed by atoms with Crippen molar-refractivity contribution in [3.05, 3.63) is 28.6 Å². The van der Waals surface area contributed by atoms with Gasteiger partial charge in [0.1, 0.15) is 4.60 Å². The first-order valence-electron chi connectivity index (χ1n) is 3.95. The minimum Gasteiger partial charge on any atom is -0.321 e. The molecule has 2 aromatic rings. The molecule has 0 bridgehead atoms. The zero-order valence-electron chi connectivity index (χ0n) is 7.11. The highest BCUT2D eigenvalue weighted by Gasteiger charge is 2.08. The predicted octanol–water partition coefficient (Wildman–Crippen LogP) is 1.51. The van der Waals surface area contributed by atoms with Crippen molar-refractivity contribution in [2.75, 3.05) is 0 Å². The van der Waals surface area contributed by atoms with Gasteiger partial charge in [-0.3, -0.25) is 0 Å². The van der Waals surface area contributed by atoms with Gasteiger partial charge in [0.25, 0.3) is 0 Å². The molecule has 0 aromatic carbocycles. The normalized spacial score (nSPS) is 13.5. The van der Waals surface area contributed by atoms with Crippen LogP contribution in [0.5, 0.6) is 0 Å². The fraction of sp³-hybridized carbons (Fsp3) is 0.250. The second kappa shape index (κ2) is 3.08. The van der Waals surface area contributed by atoms with Crippen molar-refractivity contribution in [3.8, 4) is 0 Å². The summed E-state index contributed by atoms with van der Waals surface area (Å²) in [6.07, 6.45) is 0. The Kier molecular flexibility index (Phi) is 2.05. The Morgan fingerprint density at radius 1 is 1.54 bits per heavy atom. The summed E-state index contributed by atoms with van der Waals surface area (Å²) in [6.45, 7) is 1.86. The van der Waals surface area contributed by atoms with Crippen molar-refractivity contribution < 1.29 is 0 Å². The van der Waals surface area contributed by atoms with Crippen molar-refractivity contribution in [1.82, 2.24) is 14.6 Å². The minimum atomic E-state index is -0.133. The highest BCUT2D eigenvalue weighted by Crippen LogP contribution is 2.13. The molecule has 2 heterocycles. The van der Waals surface area contributed by atoms with E-state index in [1.54, 1.807) is 4.52 Å². The van der Waals surface area contributed by atoms with E-state index in [0.717, 1.165) is 10.3 Å². The van der Waals surface area contributed by atoms with Gasteiger partial charge in [0.05, 0.1) is 6.04 Å². The van der Waals surface area contributed by atoms with Gasteiger partial charge in [-0.1, -0.05) is 6.07 Å². The van der Waals surface area contributed by atoms with Gasteiger partial charge < -0.3 is 5.73 Å². The number of rotatable bonds is 1. The second-order valence-electron chi connectivity index (χ2n) is 2.88. The van der Waals surface area contributed by atoms with Crippen LogP contribution in [0.4, 0.5) is 0 Å². The highest BCUT2D eigenvalue weighted by molar-refractivity contribution is 9.10. The molecule has 0 radical (unpaired) electrons. The number of aromatic nitrogens is 3. The van der Waals surface area contributed by atoms with Crippen LogP contribution in [-0.2, 0) is 0 Å². The van der Waals surface area contributed by atoms with Crippen LogP contribution in [0.15, 0.2) is 22.8 Å². The molecule has 0 fully saturated rings.